The van der Waals surface area contributed by atoms with E-state index in [0.29, 0.717) is 58.0 Å². The van der Waals surface area contributed by atoms with Gasteiger partial charge in [0.25, 0.3) is 0 Å². The lowest BCUT2D eigenvalue weighted by Crippen LogP contribution is -2.46. The largest absolute Gasteiger partial charge is 0.496 e. The van der Waals surface area contributed by atoms with Crippen molar-refractivity contribution in [1.29, 1.82) is 0 Å². The summed E-state index contributed by atoms with van der Waals surface area (Å²) in [4.78, 5) is 5.73. The number of nitrogens with zero attached hydrogens (tertiary/aromatic N) is 1. The molecule has 0 N–H and O–H groups in total. The first-order valence-corrected chi connectivity index (χ1v) is 10.7. The molecule has 0 aromatic carbocycles. The van der Waals surface area contributed by atoms with Crippen LogP contribution < -0.4 is 4.74 Å². The molecule has 1 aliphatic heterocycles. The zero-order valence-electron chi connectivity index (χ0n) is 20.0. The summed E-state index contributed by atoms with van der Waals surface area (Å²) >= 11 is 1.61. The van der Waals surface area contributed by atoms with Crippen molar-refractivity contribution < 1.29 is 15.0 Å². The van der Waals surface area contributed by atoms with Crippen molar-refractivity contribution in [1.82, 2.24) is 4.98 Å². The minimum absolute atomic E-state index is 0.360. The minimum atomic E-state index is -1.39. The topological polar surface area (TPSA) is 31.4 Å². The number of hydrogen-bond donors (Lipinski definition) is 0. The lowest BCUT2D eigenvalue weighted by molar-refractivity contribution is -0.104. The molecule has 0 amide bonds. The molecule has 0 bridgehead atoms. The summed E-state index contributed by atoms with van der Waals surface area (Å²) in [7, 11) is 1.65. The van der Waals surface area contributed by atoms with Crippen LogP contribution in [0.5, 0.6) is 5.75 Å². The second-order valence-corrected chi connectivity index (χ2v) is 8.72. The van der Waals surface area contributed by atoms with Gasteiger partial charge in [0.05, 0.1) is 12.7 Å². The van der Waals surface area contributed by atoms with Gasteiger partial charge in [-0.2, -0.15) is 0 Å². The summed E-state index contributed by atoms with van der Waals surface area (Å²) in [6.07, 6.45) is 3.46. The Balaban J connectivity index is 1.58. The summed E-state index contributed by atoms with van der Waals surface area (Å²) in [6.45, 7) is 0.515. The normalized spacial score (nSPS) is 32.5. The van der Waals surface area contributed by atoms with E-state index < -0.39 is 23.8 Å². The molecule has 2 aromatic heterocycles. The molecule has 1 aliphatic carbocycles. The Morgan fingerprint density at radius 1 is 1.33 bits per heavy atom. The third kappa shape index (κ3) is 4.07. The smallest absolute Gasteiger partial charge is 0.132 e. The van der Waals surface area contributed by atoms with Crippen LogP contribution in [0.25, 0.3) is 0 Å². The van der Waals surface area contributed by atoms with E-state index in [-0.39, 0.29) is 0 Å². The summed E-state index contributed by atoms with van der Waals surface area (Å²) < 4.78 is 45.8. The maximum Gasteiger partial charge on any atom is 0.132 e. The van der Waals surface area contributed by atoms with E-state index >= 15 is 0 Å². The van der Waals surface area contributed by atoms with Crippen LogP contribution in [-0.2, 0) is 16.6 Å². The van der Waals surface area contributed by atoms with Crippen molar-refractivity contribution in [3.63, 3.8) is 0 Å². The molecule has 2 fully saturated rings. The molecule has 2 aromatic rings. The zero-order chi connectivity index (χ0) is 22.2. The molecule has 27 heavy (non-hydrogen) atoms. The number of aryl methyl sites for hydroxylation is 1. The number of aromatic nitrogens is 1. The zero-order valence-corrected chi connectivity index (χ0v) is 16.8. The maximum atomic E-state index is 8.89. The molecule has 2 aliphatic rings. The molecular weight excluding hydrogens is 354 g/mol. The fraction of sp³-hybridized carbons (Fsp3) is 0.609. The highest BCUT2D eigenvalue weighted by molar-refractivity contribution is 7.10. The molecule has 1 saturated heterocycles. The molecule has 1 saturated carbocycles. The highest BCUT2D eigenvalue weighted by atomic mass is 32.1. The molecule has 3 nitrogen and oxygen atoms in total. The first-order valence-electron chi connectivity index (χ1n) is 11.8. The van der Waals surface area contributed by atoms with Gasteiger partial charge in [0.1, 0.15) is 5.75 Å². The van der Waals surface area contributed by atoms with Crippen LogP contribution >= 0.6 is 11.3 Å². The first kappa shape index (κ1) is 14.6. The summed E-state index contributed by atoms with van der Waals surface area (Å²) in [5.74, 6) is 0.832. The highest BCUT2D eigenvalue weighted by Crippen LogP contribution is 2.50. The van der Waals surface area contributed by atoms with E-state index in [1.165, 1.54) is 0 Å². The van der Waals surface area contributed by atoms with Crippen LogP contribution in [0.2, 0.25) is 0 Å². The van der Waals surface area contributed by atoms with Crippen molar-refractivity contribution in [3.8, 4) is 5.75 Å². The van der Waals surface area contributed by atoms with Crippen LogP contribution in [0.15, 0.2) is 35.8 Å². The van der Waals surface area contributed by atoms with Gasteiger partial charge in [-0.15, -0.1) is 11.3 Å². The predicted octanol–water partition coefficient (Wildman–Crippen LogP) is 5.93. The van der Waals surface area contributed by atoms with Crippen LogP contribution in [0.1, 0.15) is 73.7 Å². The molecule has 2 atom stereocenters. The number of ether oxygens (including phenoxy) is 2. The monoisotopic (exact) mass is 389 g/mol. The van der Waals surface area contributed by atoms with Gasteiger partial charge in [-0.25, -0.2) is 0 Å². The summed E-state index contributed by atoms with van der Waals surface area (Å²) in [5.41, 5.74) is -0.0716. The van der Waals surface area contributed by atoms with Gasteiger partial charge < -0.3 is 9.47 Å². The average Bonchev–Trinajstić information content (AvgIpc) is 3.30. The fourth-order valence-electron chi connectivity index (χ4n) is 4.57. The Morgan fingerprint density at radius 3 is 3.07 bits per heavy atom. The van der Waals surface area contributed by atoms with E-state index in [4.69, 9.17) is 15.0 Å². The van der Waals surface area contributed by atoms with E-state index in [9.17, 15) is 0 Å². The SMILES string of the molecule is [2H]C1([2H])CCC2(C1)C[C@](CC([2H])([2H])CCc1sccc1OC)(c1ccccn1)CCO2. The van der Waals surface area contributed by atoms with Gasteiger partial charge in [-0.1, -0.05) is 25.2 Å². The van der Waals surface area contributed by atoms with Crippen molar-refractivity contribution in [2.24, 2.45) is 0 Å². The predicted molar refractivity (Wildman–Crippen MR) is 111 cm³/mol. The van der Waals surface area contributed by atoms with E-state index in [2.05, 4.69) is 4.98 Å². The molecule has 1 spiro atoms. The van der Waals surface area contributed by atoms with Gasteiger partial charge in [-0.05, 0) is 68.5 Å². The number of hydrogen-bond acceptors (Lipinski definition) is 4. The minimum Gasteiger partial charge on any atom is -0.496 e. The van der Waals surface area contributed by atoms with E-state index in [1.807, 2.05) is 29.6 Å². The van der Waals surface area contributed by atoms with Gasteiger partial charge in [-0.3, -0.25) is 4.98 Å². The third-order valence-electron chi connectivity index (χ3n) is 5.98. The Labute approximate surface area is 172 Å². The lowest BCUT2D eigenvalue weighted by atomic mass is 9.67. The number of thiophene rings is 1. The van der Waals surface area contributed by atoms with E-state index in [1.54, 1.807) is 24.6 Å². The maximum absolute atomic E-state index is 8.89. The molecule has 4 rings (SSSR count). The molecule has 146 valence electrons. The van der Waals surface area contributed by atoms with Gasteiger partial charge in [0.2, 0.25) is 0 Å². The van der Waals surface area contributed by atoms with Crippen LogP contribution in [-0.4, -0.2) is 24.3 Å². The Bertz CT molecular complexity index is 891. The lowest BCUT2D eigenvalue weighted by Gasteiger charge is -2.46. The van der Waals surface area contributed by atoms with Gasteiger partial charge in [0, 0.05) is 34.3 Å². The second-order valence-electron chi connectivity index (χ2n) is 7.72. The van der Waals surface area contributed by atoms with Crippen molar-refractivity contribution in [2.75, 3.05) is 13.7 Å². The fourth-order valence-corrected chi connectivity index (χ4v) is 5.42. The van der Waals surface area contributed by atoms with Crippen LogP contribution in [0.3, 0.4) is 0 Å². The molecule has 4 heteroatoms. The summed E-state index contributed by atoms with van der Waals surface area (Å²) in [6, 6.07) is 7.78. The standard InChI is InChI=1S/C23H31NO2S/c1-25-19-10-17-27-20(19)8-2-4-11-22(21-9-3-7-15-24-21)14-16-26-23(18-22)12-5-6-13-23/h3,7,9-10,15,17H,2,4-6,8,11-14,16,18H2,1H3/t22-/m1/s1/i4D2,5D2/t22-,23?. The number of methoxy groups -OCH3 is 1. The first-order chi connectivity index (χ1) is 14.7. The number of rotatable bonds is 7. The molecular formula is C23H31NO2S. The van der Waals surface area contributed by atoms with Crippen molar-refractivity contribution >= 4 is 11.3 Å². The van der Waals surface area contributed by atoms with Crippen molar-refractivity contribution in [3.05, 3.63) is 46.4 Å². The average molecular weight is 390 g/mol. The Morgan fingerprint density at radius 2 is 2.30 bits per heavy atom. The Kier molecular flexibility index (Phi) is 4.49. The third-order valence-corrected chi connectivity index (χ3v) is 6.94. The second kappa shape index (κ2) is 8.32. The van der Waals surface area contributed by atoms with Crippen molar-refractivity contribution in [2.45, 2.75) is 75.1 Å². The van der Waals surface area contributed by atoms with Gasteiger partial charge in [0.15, 0.2) is 0 Å². The van der Waals surface area contributed by atoms with Gasteiger partial charge >= 0.3 is 0 Å². The Hall–Kier alpha value is -1.39. The van der Waals surface area contributed by atoms with Crippen LogP contribution in [0, 0.1) is 0 Å². The quantitative estimate of drug-likeness (QED) is 0.588. The number of pyridine rings is 1. The van der Waals surface area contributed by atoms with Crippen LogP contribution in [0.4, 0.5) is 0 Å². The summed E-state index contributed by atoms with van der Waals surface area (Å²) in [5, 5.41) is 1.98. The highest BCUT2D eigenvalue weighted by Gasteiger charge is 2.48. The molecule has 3 heterocycles. The molecule has 0 radical (unpaired) electrons. The molecule has 1 unspecified atom stereocenters. The van der Waals surface area contributed by atoms with E-state index in [0.717, 1.165) is 16.3 Å².